The van der Waals surface area contributed by atoms with Crippen LogP contribution in [0.5, 0.6) is 5.75 Å². The Morgan fingerprint density at radius 2 is 1.62 bits per heavy atom. The number of urea groups is 1. The molecular formula is C18H20BrN3O2. The van der Waals surface area contributed by atoms with Gasteiger partial charge in [0, 0.05) is 13.1 Å². The number of amides is 2. The van der Waals surface area contributed by atoms with E-state index in [1.165, 1.54) is 5.56 Å². The Kier molecular flexibility index (Phi) is 6.23. The number of carbonyl (C=O) groups excluding carboxylic acids is 1. The number of phenolic OH excluding ortho intramolecular Hbond substituents is 1. The number of halogens is 1. The molecule has 0 aromatic heterocycles. The summed E-state index contributed by atoms with van der Waals surface area (Å²) >= 11 is 0. The highest BCUT2D eigenvalue weighted by Crippen LogP contribution is 2.05. The number of benzene rings is 2. The van der Waals surface area contributed by atoms with Gasteiger partial charge in [-0.15, -0.1) is 17.0 Å². The van der Waals surface area contributed by atoms with Crippen LogP contribution in [0.1, 0.15) is 11.1 Å². The van der Waals surface area contributed by atoms with Crippen LogP contribution in [0.4, 0.5) is 4.79 Å². The molecule has 2 amide bonds. The zero-order chi connectivity index (χ0) is 16.2. The Hall–Kier alpha value is -2.05. The van der Waals surface area contributed by atoms with Crippen molar-refractivity contribution in [2.45, 2.75) is 12.8 Å². The zero-order valence-electron chi connectivity index (χ0n) is 13.5. The fraction of sp³-hybridized carbons (Fsp3) is 0.278. The number of hydrogen-bond acceptors (Lipinski definition) is 3. The normalized spacial score (nSPS) is 12.3. The maximum absolute atomic E-state index is 11.3. The van der Waals surface area contributed by atoms with Crippen LogP contribution in [0.15, 0.2) is 52.4 Å². The number of nitrogens with zero attached hydrogens (tertiary/aromatic N) is 3. The van der Waals surface area contributed by atoms with Gasteiger partial charge >= 0.3 is 6.03 Å². The van der Waals surface area contributed by atoms with E-state index in [9.17, 15) is 9.90 Å². The predicted octanol–water partition coefficient (Wildman–Crippen LogP) is 2.06. The highest BCUT2D eigenvalue weighted by atomic mass is 79.9. The van der Waals surface area contributed by atoms with Gasteiger partial charge in [-0.2, -0.15) is 9.98 Å². The molecule has 3 rings (SSSR count). The minimum absolute atomic E-state index is 0. The van der Waals surface area contributed by atoms with E-state index in [-0.39, 0.29) is 22.7 Å². The van der Waals surface area contributed by atoms with Gasteiger partial charge in [0.2, 0.25) is 0 Å². The molecule has 0 aliphatic carbocycles. The minimum atomic E-state index is -0.541. The molecule has 0 unspecified atom stereocenters. The van der Waals surface area contributed by atoms with E-state index in [1.54, 1.807) is 6.07 Å². The Balaban J connectivity index is 0.00000208. The smallest absolute Gasteiger partial charge is 0.368 e. The van der Waals surface area contributed by atoms with E-state index in [0.29, 0.717) is 10.7 Å². The fourth-order valence-electron chi connectivity index (χ4n) is 2.65. The Bertz CT molecular complexity index is 837. The van der Waals surface area contributed by atoms with Crippen LogP contribution in [-0.2, 0) is 12.8 Å². The second-order valence-electron chi connectivity index (χ2n) is 5.74. The van der Waals surface area contributed by atoms with Crippen LogP contribution >= 0.6 is 17.0 Å². The molecule has 5 nitrogen and oxygen atoms in total. The molecule has 24 heavy (non-hydrogen) atoms. The number of phenols is 1. The summed E-state index contributed by atoms with van der Waals surface area (Å²) in [7, 11) is 2.08. The summed E-state index contributed by atoms with van der Waals surface area (Å²) in [6.07, 6.45) is 1.77. The first kappa shape index (κ1) is 18.3. The Morgan fingerprint density at radius 1 is 0.958 bits per heavy atom. The number of likely N-dealkylation sites (N-methyl/N-ethyl adjacent to an activating group) is 1. The van der Waals surface area contributed by atoms with Crippen LogP contribution in [0, 0.1) is 0 Å². The summed E-state index contributed by atoms with van der Waals surface area (Å²) in [5.74, 6) is 0.00998. The number of hydrogen-bond donors (Lipinski definition) is 1. The number of carbonyl (C=O) groups is 1. The van der Waals surface area contributed by atoms with Crippen molar-refractivity contribution >= 4 is 23.0 Å². The average molecular weight is 390 g/mol. The molecule has 2 aromatic rings. The van der Waals surface area contributed by atoms with Crippen molar-refractivity contribution in [3.63, 3.8) is 0 Å². The monoisotopic (exact) mass is 389 g/mol. The van der Waals surface area contributed by atoms with E-state index in [4.69, 9.17) is 0 Å². The van der Waals surface area contributed by atoms with E-state index in [1.807, 2.05) is 12.1 Å². The molecule has 1 heterocycles. The van der Waals surface area contributed by atoms with Crippen LogP contribution < -0.4 is 10.7 Å². The molecule has 0 saturated heterocycles. The van der Waals surface area contributed by atoms with Gasteiger partial charge in [0.1, 0.15) is 16.5 Å². The second kappa shape index (κ2) is 8.17. The molecule has 126 valence electrons. The Labute approximate surface area is 151 Å². The second-order valence-corrected chi connectivity index (χ2v) is 5.74. The van der Waals surface area contributed by atoms with Crippen LogP contribution in [0.3, 0.4) is 0 Å². The van der Waals surface area contributed by atoms with Gasteiger partial charge in [-0.3, -0.25) is 0 Å². The third-order valence-electron chi connectivity index (χ3n) is 4.02. The van der Waals surface area contributed by atoms with Crippen molar-refractivity contribution in [3.8, 4) is 5.75 Å². The summed E-state index contributed by atoms with van der Waals surface area (Å²) in [5, 5.41) is 10.6. The van der Waals surface area contributed by atoms with Crippen LogP contribution in [-0.4, -0.2) is 36.2 Å². The molecule has 1 N–H and O–H groups in total. The third kappa shape index (κ3) is 4.27. The van der Waals surface area contributed by atoms with Crippen LogP contribution in [0.2, 0.25) is 0 Å². The molecule has 1 aliphatic heterocycles. The number of aromatic hydroxyl groups is 1. The fourth-order valence-corrected chi connectivity index (χ4v) is 2.65. The lowest BCUT2D eigenvalue weighted by molar-refractivity contribution is 0.256. The maximum atomic E-state index is 11.3. The van der Waals surface area contributed by atoms with E-state index in [2.05, 4.69) is 46.2 Å². The number of rotatable bonds is 6. The summed E-state index contributed by atoms with van der Waals surface area (Å²) in [4.78, 5) is 21.2. The number of fused-ring (bicyclic) bond motifs is 1. The van der Waals surface area contributed by atoms with Gasteiger partial charge < -0.3 is 10.0 Å². The van der Waals surface area contributed by atoms with Crippen molar-refractivity contribution in [3.05, 3.63) is 64.3 Å². The SMILES string of the molecule is Br.CN(CCc1ccccc1)CCc1ccc(O)c2c1=NC(=O)N=2. The highest BCUT2D eigenvalue weighted by molar-refractivity contribution is 8.93. The topological polar surface area (TPSA) is 65.3 Å². The Morgan fingerprint density at radius 3 is 2.38 bits per heavy atom. The maximum Gasteiger partial charge on any atom is 0.368 e. The van der Waals surface area contributed by atoms with Gasteiger partial charge in [0.05, 0.1) is 0 Å². The molecule has 1 aliphatic rings. The van der Waals surface area contributed by atoms with Gasteiger partial charge in [0.15, 0.2) is 0 Å². The summed E-state index contributed by atoms with van der Waals surface area (Å²) in [5.41, 5.74) is 2.27. The van der Waals surface area contributed by atoms with E-state index < -0.39 is 6.03 Å². The first-order valence-corrected chi connectivity index (χ1v) is 7.68. The summed E-state index contributed by atoms with van der Waals surface area (Å²) < 4.78 is 0. The predicted molar refractivity (Wildman–Crippen MR) is 97.5 cm³/mol. The molecule has 0 atom stereocenters. The van der Waals surface area contributed by atoms with Gasteiger partial charge in [-0.1, -0.05) is 36.4 Å². The lowest BCUT2D eigenvalue weighted by Crippen LogP contribution is -2.30. The van der Waals surface area contributed by atoms with Crippen molar-refractivity contribution in [2.24, 2.45) is 9.98 Å². The highest BCUT2D eigenvalue weighted by Gasteiger charge is 2.13. The molecule has 6 heteroatoms. The van der Waals surface area contributed by atoms with Gasteiger partial charge in [0.25, 0.3) is 0 Å². The first-order chi connectivity index (χ1) is 11.1. The summed E-state index contributed by atoms with van der Waals surface area (Å²) in [6.45, 7) is 1.82. The zero-order valence-corrected chi connectivity index (χ0v) is 15.2. The molecule has 0 fully saturated rings. The van der Waals surface area contributed by atoms with Crippen molar-refractivity contribution < 1.29 is 9.90 Å². The standard InChI is InChI=1S/C18H19N3O2.BrH/c1-21(11-9-13-5-3-2-4-6-13)12-10-14-7-8-15(22)17-16(14)19-18(23)20-17;/h2-8,22H,9-12H2,1H3;1H. The minimum Gasteiger partial charge on any atom is -0.506 e. The van der Waals surface area contributed by atoms with E-state index >= 15 is 0 Å². The quantitative estimate of drug-likeness (QED) is 0.821. The van der Waals surface area contributed by atoms with Crippen molar-refractivity contribution in [1.29, 1.82) is 0 Å². The van der Waals surface area contributed by atoms with Crippen molar-refractivity contribution in [1.82, 2.24) is 4.90 Å². The molecule has 0 spiro atoms. The molecule has 0 saturated carbocycles. The van der Waals surface area contributed by atoms with E-state index in [0.717, 1.165) is 31.5 Å². The molecule has 0 bridgehead atoms. The van der Waals surface area contributed by atoms with Crippen molar-refractivity contribution in [2.75, 3.05) is 20.1 Å². The molecule has 0 radical (unpaired) electrons. The van der Waals surface area contributed by atoms with Crippen LogP contribution in [0.25, 0.3) is 0 Å². The van der Waals surface area contributed by atoms with Gasteiger partial charge in [-0.25, -0.2) is 4.79 Å². The first-order valence-electron chi connectivity index (χ1n) is 7.68. The molecular weight excluding hydrogens is 370 g/mol. The van der Waals surface area contributed by atoms with Gasteiger partial charge in [-0.05, 0) is 37.1 Å². The lowest BCUT2D eigenvalue weighted by Gasteiger charge is -2.16. The average Bonchev–Trinajstić information content (AvgIpc) is 2.96. The lowest BCUT2D eigenvalue weighted by atomic mass is 10.1. The summed E-state index contributed by atoms with van der Waals surface area (Å²) in [6, 6.07) is 13.2. The molecule has 2 aromatic carbocycles. The largest absolute Gasteiger partial charge is 0.506 e. The third-order valence-corrected chi connectivity index (χ3v) is 4.02.